The lowest BCUT2D eigenvalue weighted by Gasteiger charge is -2.08. The highest BCUT2D eigenvalue weighted by atomic mass is 16.5. The SMILES string of the molecule is COCCOCCNc1cccc(OC)c1. The summed E-state index contributed by atoms with van der Waals surface area (Å²) in [6.07, 6.45) is 0. The van der Waals surface area contributed by atoms with E-state index in [0.717, 1.165) is 18.0 Å². The third kappa shape index (κ3) is 5.00. The molecule has 16 heavy (non-hydrogen) atoms. The van der Waals surface area contributed by atoms with E-state index in [-0.39, 0.29) is 0 Å². The highest BCUT2D eigenvalue weighted by Gasteiger charge is 1.94. The zero-order chi connectivity index (χ0) is 11.6. The van der Waals surface area contributed by atoms with E-state index in [4.69, 9.17) is 14.2 Å². The first kappa shape index (κ1) is 12.8. The van der Waals surface area contributed by atoms with E-state index in [1.165, 1.54) is 0 Å². The zero-order valence-electron chi connectivity index (χ0n) is 9.86. The third-order valence-electron chi connectivity index (χ3n) is 2.08. The summed E-state index contributed by atoms with van der Waals surface area (Å²) >= 11 is 0. The van der Waals surface area contributed by atoms with Gasteiger partial charge >= 0.3 is 0 Å². The molecule has 0 aliphatic heterocycles. The van der Waals surface area contributed by atoms with Crippen molar-refractivity contribution in [2.24, 2.45) is 0 Å². The van der Waals surface area contributed by atoms with Gasteiger partial charge in [0.1, 0.15) is 5.75 Å². The summed E-state index contributed by atoms with van der Waals surface area (Å²) in [6.45, 7) is 2.72. The van der Waals surface area contributed by atoms with Crippen molar-refractivity contribution >= 4 is 5.69 Å². The second-order valence-corrected chi connectivity index (χ2v) is 3.26. The van der Waals surface area contributed by atoms with E-state index in [9.17, 15) is 0 Å². The Morgan fingerprint density at radius 3 is 2.75 bits per heavy atom. The van der Waals surface area contributed by atoms with Crippen LogP contribution in [0.25, 0.3) is 0 Å². The van der Waals surface area contributed by atoms with Gasteiger partial charge in [-0.15, -0.1) is 0 Å². The summed E-state index contributed by atoms with van der Waals surface area (Å²) in [5.74, 6) is 0.852. The van der Waals surface area contributed by atoms with Crippen molar-refractivity contribution in [3.05, 3.63) is 24.3 Å². The van der Waals surface area contributed by atoms with Crippen LogP contribution in [0.4, 0.5) is 5.69 Å². The normalized spacial score (nSPS) is 10.1. The molecule has 1 aromatic rings. The Balaban J connectivity index is 2.16. The van der Waals surface area contributed by atoms with Crippen molar-refractivity contribution in [3.63, 3.8) is 0 Å². The molecule has 0 radical (unpaired) electrons. The summed E-state index contributed by atoms with van der Waals surface area (Å²) in [5, 5.41) is 3.25. The number of hydrogen-bond acceptors (Lipinski definition) is 4. The molecule has 0 aromatic heterocycles. The molecule has 1 N–H and O–H groups in total. The molecular formula is C12H19NO3. The van der Waals surface area contributed by atoms with Crippen LogP contribution in [0.15, 0.2) is 24.3 Å². The van der Waals surface area contributed by atoms with Gasteiger partial charge in [-0.25, -0.2) is 0 Å². The average Bonchev–Trinajstić information content (AvgIpc) is 2.34. The lowest BCUT2D eigenvalue weighted by molar-refractivity contribution is 0.0759. The molecule has 0 saturated carbocycles. The molecule has 90 valence electrons. The van der Waals surface area contributed by atoms with Crippen LogP contribution in [0.3, 0.4) is 0 Å². The van der Waals surface area contributed by atoms with Crippen molar-refractivity contribution in [3.8, 4) is 5.75 Å². The minimum Gasteiger partial charge on any atom is -0.497 e. The fraction of sp³-hybridized carbons (Fsp3) is 0.500. The fourth-order valence-corrected chi connectivity index (χ4v) is 1.24. The Labute approximate surface area is 96.5 Å². The minimum atomic E-state index is 0.635. The zero-order valence-corrected chi connectivity index (χ0v) is 9.86. The third-order valence-corrected chi connectivity index (χ3v) is 2.08. The van der Waals surface area contributed by atoms with Crippen LogP contribution in [-0.2, 0) is 9.47 Å². The number of ether oxygens (including phenoxy) is 3. The standard InChI is InChI=1S/C12H19NO3/c1-14-8-9-16-7-6-13-11-4-3-5-12(10-11)15-2/h3-5,10,13H,6-9H2,1-2H3. The van der Waals surface area contributed by atoms with Gasteiger partial charge in [0.15, 0.2) is 0 Å². The van der Waals surface area contributed by atoms with Crippen molar-refractivity contribution in [2.75, 3.05) is 45.9 Å². The summed E-state index contributed by atoms with van der Waals surface area (Å²) < 4.78 is 15.3. The first-order valence-corrected chi connectivity index (χ1v) is 5.31. The molecule has 0 atom stereocenters. The predicted octanol–water partition coefficient (Wildman–Crippen LogP) is 1.77. The molecule has 4 nitrogen and oxygen atoms in total. The quantitative estimate of drug-likeness (QED) is 0.684. The monoisotopic (exact) mass is 225 g/mol. The predicted molar refractivity (Wildman–Crippen MR) is 64.2 cm³/mol. The number of rotatable bonds is 8. The van der Waals surface area contributed by atoms with Gasteiger partial charge in [0.05, 0.1) is 26.9 Å². The molecule has 0 spiro atoms. The van der Waals surface area contributed by atoms with Crippen LogP contribution in [0, 0.1) is 0 Å². The van der Waals surface area contributed by atoms with Gasteiger partial charge in [-0.3, -0.25) is 0 Å². The van der Waals surface area contributed by atoms with E-state index in [0.29, 0.717) is 19.8 Å². The molecule has 0 amide bonds. The summed E-state index contributed by atoms with van der Waals surface area (Å²) in [7, 11) is 3.32. The molecule has 0 aliphatic carbocycles. The lowest BCUT2D eigenvalue weighted by Crippen LogP contribution is -2.11. The summed E-state index contributed by atoms with van der Waals surface area (Å²) in [6, 6.07) is 7.82. The van der Waals surface area contributed by atoms with Gasteiger partial charge in [0.25, 0.3) is 0 Å². The van der Waals surface area contributed by atoms with Gasteiger partial charge in [0.2, 0.25) is 0 Å². The second-order valence-electron chi connectivity index (χ2n) is 3.26. The summed E-state index contributed by atoms with van der Waals surface area (Å²) in [4.78, 5) is 0. The largest absolute Gasteiger partial charge is 0.497 e. The summed E-state index contributed by atoms with van der Waals surface area (Å²) in [5.41, 5.74) is 1.04. The van der Waals surface area contributed by atoms with Crippen molar-refractivity contribution in [1.82, 2.24) is 0 Å². The highest BCUT2D eigenvalue weighted by molar-refractivity contribution is 5.47. The van der Waals surface area contributed by atoms with Crippen LogP contribution in [0.5, 0.6) is 5.75 Å². The molecule has 1 rings (SSSR count). The first-order valence-electron chi connectivity index (χ1n) is 5.31. The molecule has 0 unspecified atom stereocenters. The maximum atomic E-state index is 5.33. The van der Waals surface area contributed by atoms with Crippen LogP contribution in [-0.4, -0.2) is 40.6 Å². The van der Waals surface area contributed by atoms with Gasteiger partial charge in [-0.05, 0) is 12.1 Å². The van der Waals surface area contributed by atoms with Crippen LogP contribution < -0.4 is 10.1 Å². The van der Waals surface area contributed by atoms with Crippen LogP contribution >= 0.6 is 0 Å². The van der Waals surface area contributed by atoms with Crippen molar-refractivity contribution in [2.45, 2.75) is 0 Å². The smallest absolute Gasteiger partial charge is 0.120 e. The Hall–Kier alpha value is -1.26. The Bertz CT molecular complexity index is 291. The van der Waals surface area contributed by atoms with Gasteiger partial charge < -0.3 is 19.5 Å². The van der Waals surface area contributed by atoms with E-state index >= 15 is 0 Å². The Kier molecular flexibility index (Phi) is 6.37. The number of anilines is 1. The Morgan fingerprint density at radius 1 is 1.12 bits per heavy atom. The highest BCUT2D eigenvalue weighted by Crippen LogP contribution is 2.16. The molecule has 0 fully saturated rings. The fourth-order valence-electron chi connectivity index (χ4n) is 1.24. The van der Waals surface area contributed by atoms with Gasteiger partial charge in [-0.1, -0.05) is 6.07 Å². The molecule has 0 bridgehead atoms. The molecule has 4 heteroatoms. The van der Waals surface area contributed by atoms with E-state index < -0.39 is 0 Å². The first-order chi connectivity index (χ1) is 7.86. The molecular weight excluding hydrogens is 206 g/mol. The Morgan fingerprint density at radius 2 is 2.00 bits per heavy atom. The van der Waals surface area contributed by atoms with E-state index in [1.807, 2.05) is 24.3 Å². The minimum absolute atomic E-state index is 0.635. The number of hydrogen-bond donors (Lipinski definition) is 1. The maximum absolute atomic E-state index is 5.33. The number of methoxy groups -OCH3 is 2. The van der Waals surface area contributed by atoms with Crippen molar-refractivity contribution < 1.29 is 14.2 Å². The average molecular weight is 225 g/mol. The van der Waals surface area contributed by atoms with Gasteiger partial charge in [-0.2, -0.15) is 0 Å². The number of nitrogens with one attached hydrogen (secondary N) is 1. The van der Waals surface area contributed by atoms with Crippen LogP contribution in [0.1, 0.15) is 0 Å². The topological polar surface area (TPSA) is 39.7 Å². The van der Waals surface area contributed by atoms with Gasteiger partial charge in [0, 0.05) is 25.4 Å². The maximum Gasteiger partial charge on any atom is 0.120 e. The van der Waals surface area contributed by atoms with E-state index in [1.54, 1.807) is 14.2 Å². The molecule has 0 aliphatic rings. The number of benzene rings is 1. The van der Waals surface area contributed by atoms with Crippen molar-refractivity contribution in [1.29, 1.82) is 0 Å². The molecule has 1 aromatic carbocycles. The molecule has 0 heterocycles. The van der Waals surface area contributed by atoms with E-state index in [2.05, 4.69) is 5.32 Å². The van der Waals surface area contributed by atoms with Crippen LogP contribution in [0.2, 0.25) is 0 Å². The lowest BCUT2D eigenvalue weighted by atomic mass is 10.3. The second kappa shape index (κ2) is 7.96. The molecule has 0 saturated heterocycles.